The number of para-hydroxylation sites is 1. The molecule has 2 aromatic rings. The number of pyridine rings is 1. The van der Waals surface area contributed by atoms with Crippen molar-refractivity contribution in [3.8, 4) is 0 Å². The Balaban J connectivity index is 1.49. The van der Waals surface area contributed by atoms with Crippen molar-refractivity contribution in [3.63, 3.8) is 0 Å². The van der Waals surface area contributed by atoms with E-state index >= 15 is 0 Å². The summed E-state index contributed by atoms with van der Waals surface area (Å²) in [7, 11) is 1.77. The molecule has 1 aromatic carbocycles. The normalized spacial score (nSPS) is 18.8. The third kappa shape index (κ3) is 3.26. The molecule has 0 bridgehead atoms. The summed E-state index contributed by atoms with van der Waals surface area (Å²) in [4.78, 5) is 32.5. The van der Waals surface area contributed by atoms with Crippen LogP contribution in [0.5, 0.6) is 0 Å². The molecule has 2 fully saturated rings. The van der Waals surface area contributed by atoms with Crippen LogP contribution in [0.15, 0.2) is 48.8 Å². The second-order valence-electron chi connectivity index (χ2n) is 6.89. The third-order valence-electron chi connectivity index (χ3n) is 5.39. The quantitative estimate of drug-likeness (QED) is 0.902. The van der Waals surface area contributed by atoms with Gasteiger partial charge in [0.25, 0.3) is 11.8 Å². The van der Waals surface area contributed by atoms with Gasteiger partial charge in [-0.05, 0) is 18.2 Å². The average Bonchev–Trinajstić information content (AvgIpc) is 2.98. The molecule has 0 saturated carbocycles. The number of hydrogen-bond donors (Lipinski definition) is 1. The summed E-state index contributed by atoms with van der Waals surface area (Å²) >= 11 is 0. The van der Waals surface area contributed by atoms with Crippen LogP contribution in [0.4, 0.5) is 11.4 Å². The molecule has 7 heteroatoms. The molecule has 0 atom stereocenters. The van der Waals surface area contributed by atoms with Gasteiger partial charge in [0.1, 0.15) is 12.3 Å². The third-order valence-corrected chi connectivity index (χ3v) is 5.39. The van der Waals surface area contributed by atoms with Crippen molar-refractivity contribution < 1.29 is 14.3 Å². The zero-order chi connectivity index (χ0) is 18.9. The number of likely N-dealkylation sites (N-methyl/N-ethyl adjacent to an activating group) is 1. The minimum atomic E-state index is -0.562. The zero-order valence-corrected chi connectivity index (χ0v) is 15.2. The monoisotopic (exact) mass is 366 g/mol. The summed E-state index contributed by atoms with van der Waals surface area (Å²) in [6, 6.07) is 11.5. The van der Waals surface area contributed by atoms with Gasteiger partial charge in [0.2, 0.25) is 0 Å². The minimum absolute atomic E-state index is 0.00335. The van der Waals surface area contributed by atoms with Gasteiger partial charge in [-0.2, -0.15) is 0 Å². The lowest BCUT2D eigenvalue weighted by Crippen LogP contribution is -2.53. The van der Waals surface area contributed by atoms with Gasteiger partial charge in [-0.15, -0.1) is 0 Å². The first-order chi connectivity index (χ1) is 13.1. The fourth-order valence-corrected chi connectivity index (χ4v) is 3.68. The number of hydrogen-bond acceptors (Lipinski definition) is 5. The van der Waals surface area contributed by atoms with Crippen molar-refractivity contribution in [3.05, 3.63) is 54.4 Å². The van der Waals surface area contributed by atoms with E-state index in [2.05, 4.69) is 10.3 Å². The molecular weight excluding hydrogens is 344 g/mol. The van der Waals surface area contributed by atoms with E-state index in [9.17, 15) is 9.59 Å². The molecule has 2 saturated heterocycles. The Bertz CT molecular complexity index is 847. The molecule has 0 aliphatic carbocycles. The van der Waals surface area contributed by atoms with Gasteiger partial charge in [-0.25, -0.2) is 0 Å². The fraction of sp³-hybridized carbons (Fsp3) is 0.350. The first-order valence-electron chi connectivity index (χ1n) is 9.05. The Morgan fingerprint density at radius 3 is 2.59 bits per heavy atom. The highest BCUT2D eigenvalue weighted by atomic mass is 16.5. The van der Waals surface area contributed by atoms with Crippen molar-refractivity contribution in [2.45, 2.75) is 18.6 Å². The topological polar surface area (TPSA) is 74.8 Å². The zero-order valence-electron chi connectivity index (χ0n) is 15.2. The van der Waals surface area contributed by atoms with Gasteiger partial charge in [0.15, 0.2) is 0 Å². The number of aromatic nitrogens is 1. The number of carbonyl (C=O) groups is 2. The van der Waals surface area contributed by atoms with E-state index in [-0.39, 0.29) is 18.4 Å². The number of anilines is 2. The van der Waals surface area contributed by atoms with Gasteiger partial charge in [0, 0.05) is 51.1 Å². The first-order valence-corrected chi connectivity index (χ1v) is 9.05. The molecule has 7 nitrogen and oxygen atoms in total. The number of rotatable bonds is 3. The number of nitrogens with zero attached hydrogens (tertiary/aromatic N) is 3. The Kier molecular flexibility index (Phi) is 4.53. The molecular formula is C20H22N4O3. The summed E-state index contributed by atoms with van der Waals surface area (Å²) in [5.41, 5.74) is 1.61. The fourth-order valence-electron chi connectivity index (χ4n) is 3.68. The van der Waals surface area contributed by atoms with E-state index in [1.807, 2.05) is 30.3 Å². The SMILES string of the molecule is CN1C(=O)COC12CCN(C(=O)c1cnccc1Nc1ccccc1)CC2. The van der Waals surface area contributed by atoms with Crippen LogP contribution in [0, 0.1) is 0 Å². The predicted octanol–water partition coefficient (Wildman–Crippen LogP) is 2.25. The molecule has 3 heterocycles. The predicted molar refractivity (Wildman–Crippen MR) is 101 cm³/mol. The van der Waals surface area contributed by atoms with Crippen LogP contribution in [0.1, 0.15) is 23.2 Å². The van der Waals surface area contributed by atoms with Crippen LogP contribution in [0.2, 0.25) is 0 Å². The Morgan fingerprint density at radius 1 is 1.19 bits per heavy atom. The van der Waals surface area contributed by atoms with Gasteiger partial charge in [0.05, 0.1) is 11.3 Å². The van der Waals surface area contributed by atoms with Crippen molar-refractivity contribution in [2.75, 3.05) is 32.1 Å². The minimum Gasteiger partial charge on any atom is -0.355 e. The number of ether oxygens (including phenoxy) is 1. The standard InChI is InChI=1S/C20H22N4O3/c1-23-18(25)14-27-20(23)8-11-24(12-9-20)19(26)16-13-21-10-7-17(16)22-15-5-3-2-4-6-15/h2-7,10,13H,8-9,11-12,14H2,1H3,(H,21,22). The van der Waals surface area contributed by atoms with E-state index < -0.39 is 5.72 Å². The van der Waals surface area contributed by atoms with Gasteiger partial charge in [-0.3, -0.25) is 14.6 Å². The lowest BCUT2D eigenvalue weighted by molar-refractivity contribution is -0.135. The summed E-state index contributed by atoms with van der Waals surface area (Å²) in [6.07, 6.45) is 4.49. The highest BCUT2D eigenvalue weighted by molar-refractivity contribution is 6.00. The largest absolute Gasteiger partial charge is 0.355 e. The maximum absolute atomic E-state index is 13.1. The first kappa shape index (κ1) is 17.5. The molecule has 1 N–H and O–H groups in total. The van der Waals surface area contributed by atoms with Crippen LogP contribution in [0.25, 0.3) is 0 Å². The number of piperidine rings is 1. The Morgan fingerprint density at radius 2 is 1.93 bits per heavy atom. The highest BCUT2D eigenvalue weighted by Gasteiger charge is 2.47. The van der Waals surface area contributed by atoms with E-state index in [0.717, 1.165) is 11.4 Å². The number of carbonyl (C=O) groups excluding carboxylic acids is 2. The smallest absolute Gasteiger partial charge is 0.257 e. The molecule has 2 amide bonds. The molecule has 0 radical (unpaired) electrons. The van der Waals surface area contributed by atoms with Crippen molar-refractivity contribution in [2.24, 2.45) is 0 Å². The van der Waals surface area contributed by atoms with Gasteiger partial charge >= 0.3 is 0 Å². The van der Waals surface area contributed by atoms with E-state index in [1.165, 1.54) is 0 Å². The molecule has 1 spiro atoms. The highest BCUT2D eigenvalue weighted by Crippen LogP contribution is 2.34. The number of nitrogens with one attached hydrogen (secondary N) is 1. The van der Waals surface area contributed by atoms with Crippen LogP contribution < -0.4 is 5.32 Å². The van der Waals surface area contributed by atoms with Crippen LogP contribution >= 0.6 is 0 Å². The molecule has 0 unspecified atom stereocenters. The van der Waals surface area contributed by atoms with Crippen LogP contribution in [0.3, 0.4) is 0 Å². The van der Waals surface area contributed by atoms with Crippen LogP contribution in [-0.4, -0.2) is 59.1 Å². The maximum Gasteiger partial charge on any atom is 0.257 e. The second kappa shape index (κ2) is 7.00. The van der Waals surface area contributed by atoms with E-state index in [1.54, 1.807) is 35.3 Å². The summed E-state index contributed by atoms with van der Waals surface area (Å²) in [5, 5.41) is 3.29. The second-order valence-corrected chi connectivity index (χ2v) is 6.89. The lowest BCUT2D eigenvalue weighted by atomic mass is 9.98. The average molecular weight is 366 g/mol. The van der Waals surface area contributed by atoms with E-state index in [4.69, 9.17) is 4.74 Å². The van der Waals surface area contributed by atoms with E-state index in [0.29, 0.717) is 31.5 Å². The molecule has 140 valence electrons. The Labute approximate surface area is 157 Å². The van der Waals surface area contributed by atoms with Gasteiger partial charge < -0.3 is 19.9 Å². The maximum atomic E-state index is 13.1. The number of benzene rings is 1. The molecule has 2 aliphatic heterocycles. The van der Waals surface area contributed by atoms with Gasteiger partial charge in [-0.1, -0.05) is 18.2 Å². The number of likely N-dealkylation sites (tertiary alicyclic amines) is 1. The molecule has 27 heavy (non-hydrogen) atoms. The Hall–Kier alpha value is -2.93. The molecule has 4 rings (SSSR count). The van der Waals surface area contributed by atoms with Crippen LogP contribution in [-0.2, 0) is 9.53 Å². The van der Waals surface area contributed by atoms with Crippen molar-refractivity contribution >= 4 is 23.2 Å². The lowest BCUT2D eigenvalue weighted by Gasteiger charge is -2.42. The molecule has 2 aliphatic rings. The summed E-state index contributed by atoms with van der Waals surface area (Å²) in [6.45, 7) is 1.20. The summed E-state index contributed by atoms with van der Waals surface area (Å²) < 4.78 is 5.76. The number of amides is 2. The summed E-state index contributed by atoms with van der Waals surface area (Å²) in [5.74, 6) is -0.0697. The van der Waals surface area contributed by atoms with Crippen molar-refractivity contribution in [1.82, 2.24) is 14.8 Å². The molecule has 1 aromatic heterocycles. The van der Waals surface area contributed by atoms with Crippen molar-refractivity contribution in [1.29, 1.82) is 0 Å².